The molecule has 2 aromatic rings. The molecule has 0 aliphatic heterocycles. The molecule has 5 heteroatoms. The third-order valence-corrected chi connectivity index (χ3v) is 2.61. The number of primary amides is 1. The van der Waals surface area contributed by atoms with Crippen LogP contribution in [-0.2, 0) is 6.54 Å². The van der Waals surface area contributed by atoms with Crippen molar-refractivity contribution >= 4 is 17.0 Å². The number of nitrogens with two attached hydrogens (primary N) is 1. The lowest BCUT2D eigenvalue weighted by molar-refractivity contribution is 0.0974. The third kappa shape index (κ3) is 1.23. The van der Waals surface area contributed by atoms with Gasteiger partial charge in [-0.1, -0.05) is 0 Å². The zero-order valence-corrected chi connectivity index (χ0v) is 9.00. The van der Waals surface area contributed by atoms with Gasteiger partial charge in [0.2, 0.25) is 5.71 Å². The summed E-state index contributed by atoms with van der Waals surface area (Å²) in [5, 5.41) is 5.13. The SMILES string of the molecule is CCn1nc2oc(C(N)=O)c(C)c2c1C. The molecule has 80 valence electrons. The van der Waals surface area contributed by atoms with E-state index >= 15 is 0 Å². The highest BCUT2D eigenvalue weighted by Crippen LogP contribution is 2.27. The van der Waals surface area contributed by atoms with Crippen LogP contribution in [0, 0.1) is 13.8 Å². The summed E-state index contributed by atoms with van der Waals surface area (Å²) in [5.41, 5.74) is 7.45. The molecule has 0 radical (unpaired) electrons. The summed E-state index contributed by atoms with van der Waals surface area (Å²) in [6.07, 6.45) is 0. The van der Waals surface area contributed by atoms with E-state index in [0.29, 0.717) is 5.71 Å². The number of fused-ring (bicyclic) bond motifs is 1. The Morgan fingerprint density at radius 3 is 2.67 bits per heavy atom. The largest absolute Gasteiger partial charge is 0.431 e. The number of carbonyl (C=O) groups excluding carboxylic acids is 1. The standard InChI is InChI=1S/C10H13N3O2/c1-4-13-6(3)7-5(2)8(9(11)14)15-10(7)12-13/h4H2,1-3H3,(H2,11,14). The van der Waals surface area contributed by atoms with Gasteiger partial charge >= 0.3 is 0 Å². The van der Waals surface area contributed by atoms with Crippen molar-refractivity contribution in [3.05, 3.63) is 17.0 Å². The maximum Gasteiger partial charge on any atom is 0.284 e. The lowest BCUT2D eigenvalue weighted by Crippen LogP contribution is -2.11. The van der Waals surface area contributed by atoms with E-state index in [2.05, 4.69) is 5.10 Å². The average Bonchev–Trinajstić information content (AvgIpc) is 2.65. The molecule has 1 amide bonds. The van der Waals surface area contributed by atoms with Crippen LogP contribution < -0.4 is 5.73 Å². The van der Waals surface area contributed by atoms with Gasteiger partial charge in [-0.2, -0.15) is 0 Å². The van der Waals surface area contributed by atoms with Gasteiger partial charge in [-0.05, 0) is 20.8 Å². The van der Waals surface area contributed by atoms with Crippen molar-refractivity contribution in [1.82, 2.24) is 9.78 Å². The van der Waals surface area contributed by atoms with E-state index < -0.39 is 5.91 Å². The highest BCUT2D eigenvalue weighted by Gasteiger charge is 2.20. The van der Waals surface area contributed by atoms with Crippen LogP contribution in [0.4, 0.5) is 0 Å². The summed E-state index contributed by atoms with van der Waals surface area (Å²) >= 11 is 0. The van der Waals surface area contributed by atoms with Crippen LogP contribution in [-0.4, -0.2) is 15.7 Å². The van der Waals surface area contributed by atoms with Crippen LogP contribution in [0.3, 0.4) is 0 Å². The molecule has 0 aliphatic rings. The topological polar surface area (TPSA) is 74.1 Å². The number of hydrogen-bond acceptors (Lipinski definition) is 3. The maximum atomic E-state index is 11.0. The first-order valence-corrected chi connectivity index (χ1v) is 4.82. The molecule has 2 aromatic heterocycles. The van der Waals surface area contributed by atoms with Gasteiger partial charge < -0.3 is 10.2 Å². The van der Waals surface area contributed by atoms with Gasteiger partial charge in [-0.15, -0.1) is 5.10 Å². The van der Waals surface area contributed by atoms with Crippen LogP contribution in [0.15, 0.2) is 4.42 Å². The van der Waals surface area contributed by atoms with Crippen LogP contribution in [0.5, 0.6) is 0 Å². The van der Waals surface area contributed by atoms with Crippen molar-refractivity contribution in [3.8, 4) is 0 Å². The van der Waals surface area contributed by atoms with Crippen molar-refractivity contribution in [2.75, 3.05) is 0 Å². The van der Waals surface area contributed by atoms with E-state index in [4.69, 9.17) is 10.2 Å². The first-order valence-electron chi connectivity index (χ1n) is 4.82. The molecule has 0 aromatic carbocycles. The van der Waals surface area contributed by atoms with Gasteiger partial charge in [0.25, 0.3) is 5.91 Å². The van der Waals surface area contributed by atoms with E-state index in [-0.39, 0.29) is 5.76 Å². The molecular weight excluding hydrogens is 194 g/mol. The first kappa shape index (κ1) is 9.76. The molecule has 0 saturated heterocycles. The lowest BCUT2D eigenvalue weighted by Gasteiger charge is -1.98. The summed E-state index contributed by atoms with van der Waals surface area (Å²) in [6.45, 7) is 6.55. The molecule has 15 heavy (non-hydrogen) atoms. The fourth-order valence-electron chi connectivity index (χ4n) is 1.85. The van der Waals surface area contributed by atoms with Gasteiger partial charge in [-0.3, -0.25) is 9.48 Å². The van der Waals surface area contributed by atoms with Gasteiger partial charge in [0.1, 0.15) is 0 Å². The predicted octanol–water partition coefficient (Wildman–Crippen LogP) is 1.36. The summed E-state index contributed by atoms with van der Waals surface area (Å²) in [7, 11) is 0. The van der Waals surface area contributed by atoms with E-state index in [0.717, 1.165) is 23.2 Å². The van der Waals surface area contributed by atoms with E-state index in [1.165, 1.54) is 0 Å². The normalized spacial score (nSPS) is 11.1. The third-order valence-electron chi connectivity index (χ3n) is 2.61. The second kappa shape index (κ2) is 3.12. The number of amides is 1. The Bertz CT molecular complexity index is 536. The molecule has 0 bridgehead atoms. The minimum absolute atomic E-state index is 0.207. The Kier molecular flexibility index (Phi) is 2.03. The van der Waals surface area contributed by atoms with Crippen molar-refractivity contribution in [1.29, 1.82) is 0 Å². The molecule has 0 fully saturated rings. The Morgan fingerprint density at radius 2 is 2.20 bits per heavy atom. The van der Waals surface area contributed by atoms with Crippen molar-refractivity contribution in [2.45, 2.75) is 27.3 Å². The average molecular weight is 207 g/mol. The molecular formula is C10H13N3O2. The number of aromatic nitrogens is 2. The summed E-state index contributed by atoms with van der Waals surface area (Å²) in [4.78, 5) is 11.0. The molecule has 2 N–H and O–H groups in total. The number of aryl methyl sites for hydroxylation is 3. The predicted molar refractivity (Wildman–Crippen MR) is 55.7 cm³/mol. The van der Waals surface area contributed by atoms with E-state index in [9.17, 15) is 4.79 Å². The molecule has 0 aliphatic carbocycles. The van der Waals surface area contributed by atoms with Crippen LogP contribution >= 0.6 is 0 Å². The minimum atomic E-state index is -0.548. The van der Waals surface area contributed by atoms with Crippen LogP contribution in [0.25, 0.3) is 11.1 Å². The maximum absolute atomic E-state index is 11.0. The minimum Gasteiger partial charge on any atom is -0.431 e. The number of nitrogens with zero attached hydrogens (tertiary/aromatic N) is 2. The monoisotopic (exact) mass is 207 g/mol. The molecule has 5 nitrogen and oxygen atoms in total. The summed E-state index contributed by atoms with van der Waals surface area (Å²) < 4.78 is 7.16. The smallest absolute Gasteiger partial charge is 0.284 e. The lowest BCUT2D eigenvalue weighted by atomic mass is 10.2. The number of carbonyl (C=O) groups is 1. The number of rotatable bonds is 2. The van der Waals surface area contributed by atoms with E-state index in [1.807, 2.05) is 25.5 Å². The zero-order chi connectivity index (χ0) is 11.2. The Balaban J connectivity index is 2.76. The van der Waals surface area contributed by atoms with Crippen molar-refractivity contribution < 1.29 is 9.21 Å². The van der Waals surface area contributed by atoms with Gasteiger partial charge in [0.15, 0.2) is 5.76 Å². The zero-order valence-electron chi connectivity index (χ0n) is 9.00. The second-order valence-corrected chi connectivity index (χ2v) is 3.50. The molecule has 0 unspecified atom stereocenters. The highest BCUT2D eigenvalue weighted by molar-refractivity contribution is 5.97. The fraction of sp³-hybridized carbons (Fsp3) is 0.400. The quantitative estimate of drug-likeness (QED) is 0.808. The van der Waals surface area contributed by atoms with Crippen LogP contribution in [0.1, 0.15) is 28.7 Å². The Hall–Kier alpha value is -1.78. The van der Waals surface area contributed by atoms with Gasteiger partial charge in [0, 0.05) is 17.8 Å². The highest BCUT2D eigenvalue weighted by atomic mass is 16.4. The van der Waals surface area contributed by atoms with Gasteiger partial charge in [0.05, 0.1) is 5.39 Å². The van der Waals surface area contributed by atoms with Crippen LogP contribution in [0.2, 0.25) is 0 Å². The number of hydrogen-bond donors (Lipinski definition) is 1. The fourth-order valence-corrected chi connectivity index (χ4v) is 1.85. The number of furan rings is 1. The Morgan fingerprint density at radius 1 is 1.53 bits per heavy atom. The molecule has 0 spiro atoms. The molecule has 2 rings (SSSR count). The second-order valence-electron chi connectivity index (χ2n) is 3.50. The summed E-state index contributed by atoms with van der Waals surface area (Å²) in [5.74, 6) is -0.341. The Labute approximate surface area is 86.8 Å². The summed E-state index contributed by atoms with van der Waals surface area (Å²) in [6, 6.07) is 0. The van der Waals surface area contributed by atoms with E-state index in [1.54, 1.807) is 0 Å². The van der Waals surface area contributed by atoms with Crippen molar-refractivity contribution in [2.24, 2.45) is 5.73 Å². The van der Waals surface area contributed by atoms with Gasteiger partial charge in [-0.25, -0.2) is 0 Å². The molecule has 0 atom stereocenters. The molecule has 0 saturated carbocycles. The van der Waals surface area contributed by atoms with Crippen molar-refractivity contribution in [3.63, 3.8) is 0 Å². The first-order chi connectivity index (χ1) is 7.06. The molecule has 2 heterocycles.